The summed E-state index contributed by atoms with van der Waals surface area (Å²) < 4.78 is 0. The van der Waals surface area contributed by atoms with Crippen LogP contribution in [0.1, 0.15) is 43.0 Å². The molecule has 108 valence electrons. The molecule has 2 aliphatic carbocycles. The van der Waals surface area contributed by atoms with Crippen LogP contribution in [0.4, 0.5) is 0 Å². The molecule has 0 radical (unpaired) electrons. The van der Waals surface area contributed by atoms with Gasteiger partial charge in [0.25, 0.3) is 5.91 Å². The number of hydrogen-bond acceptors (Lipinski definition) is 1. The van der Waals surface area contributed by atoms with Crippen LogP contribution >= 0.6 is 23.2 Å². The lowest BCUT2D eigenvalue weighted by molar-refractivity contribution is 0.0915. The van der Waals surface area contributed by atoms with Gasteiger partial charge in [0.2, 0.25) is 0 Å². The topological polar surface area (TPSA) is 29.1 Å². The molecule has 0 heterocycles. The second-order valence-electron chi connectivity index (χ2n) is 6.23. The van der Waals surface area contributed by atoms with Crippen molar-refractivity contribution >= 4 is 29.1 Å². The van der Waals surface area contributed by atoms with E-state index in [4.69, 9.17) is 23.2 Å². The SMILES string of the molecule is C[C@@H](NC(=O)c1ccc(Cl)c(Cl)c1)[C@@H]1C[C@H]2CC[C@H]1C2. The van der Waals surface area contributed by atoms with Crippen molar-refractivity contribution in [3.8, 4) is 0 Å². The maximum Gasteiger partial charge on any atom is 0.251 e. The van der Waals surface area contributed by atoms with Crippen molar-refractivity contribution in [2.24, 2.45) is 17.8 Å². The van der Waals surface area contributed by atoms with Gasteiger partial charge in [-0.25, -0.2) is 0 Å². The number of carbonyl (C=O) groups excluding carboxylic acids is 1. The fourth-order valence-corrected chi connectivity index (χ4v) is 4.24. The first-order valence-electron chi connectivity index (χ1n) is 7.30. The molecule has 1 aromatic rings. The van der Waals surface area contributed by atoms with Crippen LogP contribution in [0.2, 0.25) is 10.0 Å². The minimum atomic E-state index is -0.0566. The van der Waals surface area contributed by atoms with Crippen LogP contribution in [0, 0.1) is 17.8 Å². The van der Waals surface area contributed by atoms with Gasteiger partial charge in [-0.05, 0) is 62.1 Å². The fraction of sp³-hybridized carbons (Fsp3) is 0.562. The van der Waals surface area contributed by atoms with Crippen molar-refractivity contribution < 1.29 is 4.79 Å². The summed E-state index contributed by atoms with van der Waals surface area (Å²) >= 11 is 11.8. The maximum atomic E-state index is 12.3. The lowest BCUT2D eigenvalue weighted by Gasteiger charge is -2.28. The lowest BCUT2D eigenvalue weighted by Crippen LogP contribution is -2.40. The molecule has 2 fully saturated rings. The Balaban J connectivity index is 1.65. The molecule has 20 heavy (non-hydrogen) atoms. The first-order chi connectivity index (χ1) is 9.54. The summed E-state index contributed by atoms with van der Waals surface area (Å²) in [5.74, 6) is 2.29. The van der Waals surface area contributed by atoms with E-state index in [2.05, 4.69) is 12.2 Å². The molecular weight excluding hydrogens is 293 g/mol. The van der Waals surface area contributed by atoms with Gasteiger partial charge in [0.1, 0.15) is 0 Å². The zero-order valence-corrected chi connectivity index (χ0v) is 13.0. The highest BCUT2D eigenvalue weighted by Crippen LogP contribution is 2.49. The highest BCUT2D eigenvalue weighted by molar-refractivity contribution is 6.42. The van der Waals surface area contributed by atoms with E-state index in [0.29, 0.717) is 21.5 Å². The van der Waals surface area contributed by atoms with Crippen molar-refractivity contribution in [1.29, 1.82) is 0 Å². The van der Waals surface area contributed by atoms with Crippen molar-refractivity contribution in [3.63, 3.8) is 0 Å². The van der Waals surface area contributed by atoms with E-state index in [0.717, 1.165) is 11.8 Å². The molecule has 0 saturated heterocycles. The fourth-order valence-electron chi connectivity index (χ4n) is 3.94. The minimum absolute atomic E-state index is 0.0566. The first-order valence-corrected chi connectivity index (χ1v) is 8.06. The highest BCUT2D eigenvalue weighted by Gasteiger charge is 2.42. The van der Waals surface area contributed by atoms with Gasteiger partial charge in [0.15, 0.2) is 0 Å². The number of nitrogens with one attached hydrogen (secondary N) is 1. The van der Waals surface area contributed by atoms with Gasteiger partial charge in [0, 0.05) is 11.6 Å². The van der Waals surface area contributed by atoms with Crippen LogP contribution in [0.3, 0.4) is 0 Å². The van der Waals surface area contributed by atoms with Crippen molar-refractivity contribution in [3.05, 3.63) is 33.8 Å². The highest BCUT2D eigenvalue weighted by atomic mass is 35.5. The number of benzene rings is 1. The van der Waals surface area contributed by atoms with Gasteiger partial charge in [-0.1, -0.05) is 29.6 Å². The Morgan fingerprint density at radius 2 is 2.05 bits per heavy atom. The number of carbonyl (C=O) groups is 1. The minimum Gasteiger partial charge on any atom is -0.349 e. The molecule has 2 aliphatic rings. The molecule has 0 unspecified atom stereocenters. The molecule has 1 amide bonds. The van der Waals surface area contributed by atoms with E-state index in [1.165, 1.54) is 25.7 Å². The van der Waals surface area contributed by atoms with Crippen LogP contribution in [0.15, 0.2) is 18.2 Å². The summed E-state index contributed by atoms with van der Waals surface area (Å²) in [6, 6.07) is 5.25. The molecule has 4 atom stereocenters. The summed E-state index contributed by atoms with van der Waals surface area (Å²) in [4.78, 5) is 12.3. The molecule has 2 bridgehead atoms. The Morgan fingerprint density at radius 3 is 2.65 bits per heavy atom. The van der Waals surface area contributed by atoms with Crippen LogP contribution in [0.5, 0.6) is 0 Å². The van der Waals surface area contributed by atoms with E-state index in [1.807, 2.05) is 0 Å². The average Bonchev–Trinajstić information content (AvgIpc) is 3.04. The summed E-state index contributed by atoms with van der Waals surface area (Å²) in [6.07, 6.45) is 5.35. The third kappa shape index (κ3) is 2.68. The molecule has 0 spiro atoms. The summed E-state index contributed by atoms with van der Waals surface area (Å²) in [5.41, 5.74) is 0.578. The molecule has 2 nitrogen and oxygen atoms in total. The van der Waals surface area contributed by atoms with Gasteiger partial charge in [-0.15, -0.1) is 0 Å². The third-order valence-electron chi connectivity index (χ3n) is 4.98. The van der Waals surface area contributed by atoms with Gasteiger partial charge in [-0.3, -0.25) is 4.79 Å². The smallest absolute Gasteiger partial charge is 0.251 e. The number of fused-ring (bicyclic) bond motifs is 2. The predicted molar refractivity (Wildman–Crippen MR) is 82.3 cm³/mol. The van der Waals surface area contributed by atoms with Gasteiger partial charge in [0.05, 0.1) is 10.0 Å². The summed E-state index contributed by atoms with van der Waals surface area (Å²) in [5, 5.41) is 4.03. The van der Waals surface area contributed by atoms with Gasteiger partial charge < -0.3 is 5.32 Å². The second-order valence-corrected chi connectivity index (χ2v) is 7.04. The van der Waals surface area contributed by atoms with Crippen LogP contribution in [-0.4, -0.2) is 11.9 Å². The van der Waals surface area contributed by atoms with E-state index in [1.54, 1.807) is 18.2 Å². The standard InChI is InChI=1S/C16H19Cl2NO/c1-9(13-7-10-2-3-11(13)6-10)19-16(20)12-4-5-14(17)15(18)8-12/h4-5,8-11,13H,2-3,6-7H2,1H3,(H,19,20)/t9-,10+,11+,13+/m1/s1. The molecule has 0 aromatic heterocycles. The zero-order chi connectivity index (χ0) is 14.3. The van der Waals surface area contributed by atoms with Crippen LogP contribution < -0.4 is 5.32 Å². The molecule has 1 N–H and O–H groups in total. The molecule has 4 heteroatoms. The Labute approximate surface area is 129 Å². The number of halogens is 2. The average molecular weight is 312 g/mol. The summed E-state index contributed by atoms with van der Waals surface area (Å²) in [7, 11) is 0. The first kappa shape index (κ1) is 14.2. The Hall–Kier alpha value is -0.730. The number of rotatable bonds is 3. The molecule has 0 aliphatic heterocycles. The molecule has 2 saturated carbocycles. The zero-order valence-electron chi connectivity index (χ0n) is 11.5. The quantitative estimate of drug-likeness (QED) is 0.872. The molecule has 3 rings (SSSR count). The predicted octanol–water partition coefficient (Wildman–Crippen LogP) is 4.55. The van der Waals surface area contributed by atoms with Gasteiger partial charge in [-0.2, -0.15) is 0 Å². The van der Waals surface area contributed by atoms with Crippen molar-refractivity contribution in [2.45, 2.75) is 38.6 Å². The number of hydrogen-bond donors (Lipinski definition) is 1. The van der Waals surface area contributed by atoms with Crippen LogP contribution in [-0.2, 0) is 0 Å². The number of amides is 1. The largest absolute Gasteiger partial charge is 0.349 e. The van der Waals surface area contributed by atoms with E-state index >= 15 is 0 Å². The lowest BCUT2D eigenvalue weighted by atomic mass is 9.84. The molecular formula is C16H19Cl2NO. The van der Waals surface area contributed by atoms with Crippen molar-refractivity contribution in [2.75, 3.05) is 0 Å². The Kier molecular flexibility index (Phi) is 3.96. The van der Waals surface area contributed by atoms with Gasteiger partial charge >= 0.3 is 0 Å². The van der Waals surface area contributed by atoms with E-state index in [-0.39, 0.29) is 11.9 Å². The van der Waals surface area contributed by atoms with E-state index in [9.17, 15) is 4.79 Å². The monoisotopic (exact) mass is 311 g/mol. The van der Waals surface area contributed by atoms with Crippen molar-refractivity contribution in [1.82, 2.24) is 5.32 Å². The summed E-state index contributed by atoms with van der Waals surface area (Å²) in [6.45, 7) is 2.13. The maximum absolute atomic E-state index is 12.3. The second kappa shape index (κ2) is 5.57. The third-order valence-corrected chi connectivity index (χ3v) is 5.71. The molecule has 1 aromatic carbocycles. The van der Waals surface area contributed by atoms with E-state index < -0.39 is 0 Å². The Bertz CT molecular complexity index is 531. The Morgan fingerprint density at radius 1 is 1.25 bits per heavy atom. The normalized spacial score (nSPS) is 29.4. The van der Waals surface area contributed by atoms with Crippen LogP contribution in [0.25, 0.3) is 0 Å².